The quantitative estimate of drug-likeness (QED) is 0.153. The van der Waals surface area contributed by atoms with Gasteiger partial charge in [0.05, 0.1) is 72.6 Å². The van der Waals surface area contributed by atoms with Crippen LogP contribution < -0.4 is 0 Å². The fourth-order valence-electron chi connectivity index (χ4n) is 12.5. The first kappa shape index (κ1) is 46.9. The number of hydrogen-bond acceptors (Lipinski definition) is 1. The van der Waals surface area contributed by atoms with E-state index in [1.807, 2.05) is 109 Å². The molecule has 0 atom stereocenters. The summed E-state index contributed by atoms with van der Waals surface area (Å²) in [6.45, 7) is 0. The summed E-state index contributed by atoms with van der Waals surface area (Å²) in [5.41, 5.74) is 8.10. The standard InChI is InChI=1S/C69H39F6N5/c70-68(71,72)43-36-42(37-44(38-43)69(73,74)75)48-29-28-47(77-59-25-13-9-21-53(59)64-62(77)33-30-51-49-19-7-11-23-57(49)78(66(51)64)45-15-3-1-4-16-45)39-55(48)56-35-41(40-76)27-32-61(56)80-60-26-14-10-22-54(60)65-63(80)34-31-52-50-20-8-12-24-58(50)79(67(52)65)46-17-5-2-6-18-46/h1-39H. The van der Waals surface area contributed by atoms with E-state index in [1.54, 1.807) is 24.3 Å². The van der Waals surface area contributed by atoms with Gasteiger partial charge in [-0.3, -0.25) is 0 Å². The maximum atomic E-state index is 14.9. The molecule has 0 aliphatic carbocycles. The molecule has 80 heavy (non-hydrogen) atoms. The number of rotatable bonds is 6. The van der Waals surface area contributed by atoms with Gasteiger partial charge in [0.1, 0.15) is 0 Å². The molecule has 4 aromatic heterocycles. The van der Waals surface area contributed by atoms with Crippen molar-refractivity contribution in [2.24, 2.45) is 0 Å². The zero-order valence-electron chi connectivity index (χ0n) is 42.0. The summed E-state index contributed by atoms with van der Waals surface area (Å²) in [5, 5.41) is 18.6. The second kappa shape index (κ2) is 17.3. The largest absolute Gasteiger partial charge is 0.416 e. The van der Waals surface area contributed by atoms with E-state index >= 15 is 0 Å². The van der Waals surface area contributed by atoms with Crippen LogP contribution in [0.5, 0.6) is 0 Å². The Labute approximate surface area is 451 Å². The van der Waals surface area contributed by atoms with Gasteiger partial charge >= 0.3 is 12.4 Å². The molecule has 15 aromatic rings. The fourth-order valence-corrected chi connectivity index (χ4v) is 12.5. The zero-order chi connectivity index (χ0) is 54.2. The lowest BCUT2D eigenvalue weighted by molar-refractivity contribution is -0.143. The van der Waals surface area contributed by atoms with Crippen molar-refractivity contribution in [3.63, 3.8) is 0 Å². The lowest BCUT2D eigenvalue weighted by atomic mass is 9.90. The molecule has 0 amide bonds. The van der Waals surface area contributed by atoms with Crippen molar-refractivity contribution in [2.45, 2.75) is 12.4 Å². The number of fused-ring (bicyclic) bond motifs is 14. The highest BCUT2D eigenvalue weighted by atomic mass is 19.4. The van der Waals surface area contributed by atoms with Crippen LogP contribution >= 0.6 is 0 Å². The summed E-state index contributed by atoms with van der Waals surface area (Å²) >= 11 is 0. The van der Waals surface area contributed by atoms with Crippen molar-refractivity contribution in [1.29, 1.82) is 5.26 Å². The van der Waals surface area contributed by atoms with Gasteiger partial charge in [-0.2, -0.15) is 31.6 Å². The van der Waals surface area contributed by atoms with Crippen LogP contribution in [0.1, 0.15) is 16.7 Å². The molecule has 0 fully saturated rings. The van der Waals surface area contributed by atoms with E-state index in [9.17, 15) is 31.6 Å². The highest BCUT2D eigenvalue weighted by Gasteiger charge is 2.38. The Balaban J connectivity index is 1.07. The second-order valence-electron chi connectivity index (χ2n) is 20.2. The van der Waals surface area contributed by atoms with Crippen LogP contribution in [0.25, 0.3) is 132 Å². The van der Waals surface area contributed by atoms with E-state index in [-0.39, 0.29) is 22.8 Å². The molecule has 0 aliphatic rings. The number of halogens is 6. The molecular weight excluding hydrogens is 1010 g/mol. The first-order valence-electron chi connectivity index (χ1n) is 26.0. The van der Waals surface area contributed by atoms with Crippen LogP contribution in [0, 0.1) is 11.3 Å². The lowest BCUT2D eigenvalue weighted by Crippen LogP contribution is -2.11. The van der Waals surface area contributed by atoms with Crippen LogP contribution in [0.2, 0.25) is 0 Å². The average Bonchev–Trinajstić information content (AvgIpc) is 4.34. The SMILES string of the molecule is N#Cc1ccc(-n2c3ccccc3c3c2ccc2c4ccccc4n(-c4ccccc4)c23)c(-c2cc(-n3c4ccccc4c4c3ccc3c5ccccc5n(-c5ccccc5)c34)ccc2-c2cc(C(F)(F)F)cc(C(F)(F)F)c2)c1. The van der Waals surface area contributed by atoms with Gasteiger partial charge < -0.3 is 18.3 Å². The number of benzene rings is 11. The van der Waals surface area contributed by atoms with Crippen molar-refractivity contribution in [1.82, 2.24) is 18.3 Å². The van der Waals surface area contributed by atoms with Crippen LogP contribution in [0.3, 0.4) is 0 Å². The van der Waals surface area contributed by atoms with Crippen molar-refractivity contribution in [2.75, 3.05) is 0 Å². The molecule has 11 heteroatoms. The fraction of sp³-hybridized carbons (Fsp3) is 0.0290. The van der Waals surface area contributed by atoms with Gasteiger partial charge in [0.2, 0.25) is 0 Å². The minimum Gasteiger partial charge on any atom is -0.309 e. The Morgan fingerprint density at radius 1 is 0.312 bits per heavy atom. The molecule has 0 saturated heterocycles. The second-order valence-corrected chi connectivity index (χ2v) is 20.2. The number of para-hydroxylation sites is 6. The van der Waals surface area contributed by atoms with Crippen molar-refractivity contribution < 1.29 is 26.3 Å². The van der Waals surface area contributed by atoms with Crippen molar-refractivity contribution >= 4 is 87.2 Å². The molecule has 0 bridgehead atoms. The third kappa shape index (κ3) is 6.98. The smallest absolute Gasteiger partial charge is 0.309 e. The van der Waals surface area contributed by atoms with E-state index < -0.39 is 23.5 Å². The summed E-state index contributed by atoms with van der Waals surface area (Å²) in [6, 6.07) is 75.5. The third-order valence-corrected chi connectivity index (χ3v) is 15.8. The topological polar surface area (TPSA) is 43.5 Å². The van der Waals surface area contributed by atoms with Crippen molar-refractivity contribution in [3.8, 4) is 51.1 Å². The number of aromatic nitrogens is 4. The molecular formula is C69H39F6N5. The minimum absolute atomic E-state index is 0.0985. The van der Waals surface area contributed by atoms with E-state index in [0.717, 1.165) is 111 Å². The van der Waals surface area contributed by atoms with Crippen LogP contribution in [-0.4, -0.2) is 18.3 Å². The highest BCUT2D eigenvalue weighted by Crippen LogP contribution is 2.48. The molecule has 4 heterocycles. The Kier molecular flexibility index (Phi) is 10.2. The zero-order valence-corrected chi connectivity index (χ0v) is 42.0. The lowest BCUT2D eigenvalue weighted by Gasteiger charge is -2.21. The van der Waals surface area contributed by atoms with Crippen LogP contribution in [-0.2, 0) is 12.4 Å². The van der Waals surface area contributed by atoms with E-state index in [1.165, 1.54) is 0 Å². The maximum absolute atomic E-state index is 14.9. The van der Waals surface area contributed by atoms with Gasteiger partial charge in [0.25, 0.3) is 0 Å². The summed E-state index contributed by atoms with van der Waals surface area (Å²) in [5.74, 6) is 0. The first-order valence-corrected chi connectivity index (χ1v) is 26.0. The molecule has 5 nitrogen and oxygen atoms in total. The number of alkyl halides is 6. The van der Waals surface area contributed by atoms with E-state index in [0.29, 0.717) is 22.5 Å². The van der Waals surface area contributed by atoms with Gasteiger partial charge in [-0.25, -0.2) is 0 Å². The Morgan fingerprint density at radius 2 is 0.762 bits per heavy atom. The summed E-state index contributed by atoms with van der Waals surface area (Å²) < 4.78 is 98.0. The van der Waals surface area contributed by atoms with Crippen molar-refractivity contribution in [3.05, 3.63) is 253 Å². The monoisotopic (exact) mass is 1050 g/mol. The first-order chi connectivity index (χ1) is 38.9. The Hall–Kier alpha value is -10.3. The minimum atomic E-state index is -5.12. The van der Waals surface area contributed by atoms with Gasteiger partial charge in [-0.05, 0) is 126 Å². The molecule has 0 unspecified atom stereocenters. The molecule has 0 spiro atoms. The van der Waals surface area contributed by atoms with Gasteiger partial charge in [-0.1, -0.05) is 127 Å². The predicted octanol–water partition coefficient (Wildman–Crippen LogP) is 19.3. The molecule has 382 valence electrons. The molecule has 0 N–H and O–H groups in total. The molecule has 0 aliphatic heterocycles. The number of nitrogens with zero attached hydrogens (tertiary/aromatic N) is 5. The van der Waals surface area contributed by atoms with Crippen LogP contribution in [0.15, 0.2) is 237 Å². The van der Waals surface area contributed by atoms with E-state index in [4.69, 9.17) is 0 Å². The Morgan fingerprint density at radius 3 is 1.26 bits per heavy atom. The molecule has 0 radical (unpaired) electrons. The number of hydrogen-bond donors (Lipinski definition) is 0. The third-order valence-electron chi connectivity index (χ3n) is 15.8. The summed E-state index contributed by atoms with van der Waals surface area (Å²) in [7, 11) is 0. The van der Waals surface area contributed by atoms with Gasteiger partial charge in [-0.15, -0.1) is 0 Å². The summed E-state index contributed by atoms with van der Waals surface area (Å²) in [4.78, 5) is 0. The highest BCUT2D eigenvalue weighted by molar-refractivity contribution is 6.28. The average molecular weight is 1050 g/mol. The van der Waals surface area contributed by atoms with Crippen LogP contribution in [0.4, 0.5) is 26.3 Å². The Bertz CT molecular complexity index is 5070. The van der Waals surface area contributed by atoms with E-state index in [2.05, 4.69) is 109 Å². The molecule has 11 aromatic carbocycles. The van der Waals surface area contributed by atoms with Gasteiger partial charge in [0, 0.05) is 65.7 Å². The predicted molar refractivity (Wildman–Crippen MR) is 309 cm³/mol. The molecule has 15 rings (SSSR count). The molecule has 0 saturated carbocycles. The normalized spacial score (nSPS) is 12.4. The summed E-state index contributed by atoms with van der Waals surface area (Å²) in [6.07, 6.45) is -10.2. The maximum Gasteiger partial charge on any atom is 0.416 e. The van der Waals surface area contributed by atoms with Gasteiger partial charge in [0.15, 0.2) is 0 Å². The number of nitriles is 1.